The van der Waals surface area contributed by atoms with Crippen molar-refractivity contribution in [3.8, 4) is 5.75 Å². The molecule has 35 heavy (non-hydrogen) atoms. The number of hydrogen-bond acceptors (Lipinski definition) is 4. The van der Waals surface area contributed by atoms with Gasteiger partial charge in [0.05, 0.1) is 23.7 Å². The van der Waals surface area contributed by atoms with Crippen LogP contribution >= 0.6 is 0 Å². The maximum atomic E-state index is 5.89. The first-order chi connectivity index (χ1) is 17.3. The van der Waals surface area contributed by atoms with E-state index in [1.807, 2.05) is 85.1 Å². The Bertz CT molecular complexity index is 1250. The van der Waals surface area contributed by atoms with Gasteiger partial charge in [0.1, 0.15) is 5.75 Å². The van der Waals surface area contributed by atoms with Gasteiger partial charge in [-0.25, -0.2) is 0 Å². The first-order valence-electron chi connectivity index (χ1n) is 12.6. The molecule has 0 saturated heterocycles. The van der Waals surface area contributed by atoms with Gasteiger partial charge >= 0.3 is 0 Å². The molecule has 0 atom stereocenters. The third kappa shape index (κ3) is 7.35. The van der Waals surface area contributed by atoms with Crippen molar-refractivity contribution in [3.05, 3.63) is 96.6 Å². The molecule has 4 heteroatoms. The van der Waals surface area contributed by atoms with Crippen LogP contribution < -0.4 is 4.74 Å². The van der Waals surface area contributed by atoms with E-state index in [9.17, 15) is 0 Å². The molecule has 0 N–H and O–H groups in total. The molecule has 0 radical (unpaired) electrons. The van der Waals surface area contributed by atoms with Crippen molar-refractivity contribution in [1.82, 2.24) is 0 Å². The lowest BCUT2D eigenvalue weighted by molar-refractivity contribution is 0.304. The summed E-state index contributed by atoms with van der Waals surface area (Å²) in [5, 5.41) is 10.9. The van der Waals surface area contributed by atoms with Gasteiger partial charge in [0.25, 0.3) is 0 Å². The lowest BCUT2D eigenvalue weighted by Gasteiger charge is -2.07. The number of aliphatic imine (C=N–C) groups is 1. The first kappa shape index (κ1) is 24.3. The fourth-order valence-electron chi connectivity index (χ4n) is 3.94. The van der Waals surface area contributed by atoms with Crippen LogP contribution in [0.5, 0.6) is 5.75 Å². The highest BCUT2D eigenvalue weighted by molar-refractivity contribution is 6.01. The van der Waals surface area contributed by atoms with E-state index < -0.39 is 0 Å². The summed E-state index contributed by atoms with van der Waals surface area (Å²) in [5.41, 5.74) is 3.60. The summed E-state index contributed by atoms with van der Waals surface area (Å²) < 4.78 is 5.89. The maximum absolute atomic E-state index is 5.89. The van der Waals surface area contributed by atoms with E-state index in [1.54, 1.807) is 0 Å². The van der Waals surface area contributed by atoms with Gasteiger partial charge in [-0.3, -0.25) is 4.99 Å². The van der Waals surface area contributed by atoms with E-state index in [4.69, 9.17) is 9.73 Å². The summed E-state index contributed by atoms with van der Waals surface area (Å²) in [6.07, 6.45) is 9.51. The van der Waals surface area contributed by atoms with Crippen molar-refractivity contribution < 1.29 is 4.74 Å². The van der Waals surface area contributed by atoms with Gasteiger partial charge in [0.15, 0.2) is 0 Å². The summed E-state index contributed by atoms with van der Waals surface area (Å²) >= 11 is 0. The number of ether oxygens (including phenoxy) is 1. The smallest absolute Gasteiger partial charge is 0.119 e. The number of hydrogen-bond donors (Lipinski definition) is 0. The van der Waals surface area contributed by atoms with Crippen LogP contribution in [0.4, 0.5) is 17.1 Å². The molecule has 0 spiro atoms. The Kier molecular flexibility index (Phi) is 9.17. The first-order valence-corrected chi connectivity index (χ1v) is 12.6. The number of rotatable bonds is 12. The minimum absolute atomic E-state index is 0.777. The molecule has 0 amide bonds. The lowest BCUT2D eigenvalue weighted by Crippen LogP contribution is -1.97. The van der Waals surface area contributed by atoms with Crippen molar-refractivity contribution in [2.24, 2.45) is 15.2 Å². The minimum Gasteiger partial charge on any atom is -0.494 e. The van der Waals surface area contributed by atoms with Crippen molar-refractivity contribution in [2.75, 3.05) is 6.61 Å². The third-order valence-electron chi connectivity index (χ3n) is 5.91. The standard InChI is InChI=1S/C31H33N3O/c1-2-3-4-5-6-12-23-35-27-19-17-25(18-20-27)24-32-30-21-22-31(29-16-11-10-15-28(29)30)34-33-26-13-8-7-9-14-26/h7-11,13-22,24H,2-6,12,23H2,1H3. The summed E-state index contributed by atoms with van der Waals surface area (Å²) in [5.74, 6) is 0.911. The van der Waals surface area contributed by atoms with E-state index in [0.717, 1.165) is 52.2 Å². The van der Waals surface area contributed by atoms with Gasteiger partial charge in [-0.2, -0.15) is 5.11 Å². The lowest BCUT2D eigenvalue weighted by atomic mass is 10.1. The molecule has 0 aliphatic rings. The Balaban J connectivity index is 1.39. The molecule has 4 aromatic carbocycles. The van der Waals surface area contributed by atoms with Crippen LogP contribution in [0.3, 0.4) is 0 Å². The molecule has 4 rings (SSSR count). The number of benzene rings is 4. The topological polar surface area (TPSA) is 46.3 Å². The summed E-state index contributed by atoms with van der Waals surface area (Å²) in [4.78, 5) is 4.77. The van der Waals surface area contributed by atoms with Gasteiger partial charge in [0, 0.05) is 17.0 Å². The number of azo groups is 1. The molecular formula is C31H33N3O. The van der Waals surface area contributed by atoms with Crippen LogP contribution in [-0.4, -0.2) is 12.8 Å². The van der Waals surface area contributed by atoms with Gasteiger partial charge in [-0.1, -0.05) is 81.5 Å². The van der Waals surface area contributed by atoms with Crippen molar-refractivity contribution in [3.63, 3.8) is 0 Å². The van der Waals surface area contributed by atoms with Crippen molar-refractivity contribution >= 4 is 34.0 Å². The largest absolute Gasteiger partial charge is 0.494 e. The van der Waals surface area contributed by atoms with Gasteiger partial charge in [0.2, 0.25) is 0 Å². The van der Waals surface area contributed by atoms with Gasteiger partial charge in [-0.05, 0) is 60.5 Å². The van der Waals surface area contributed by atoms with Crippen molar-refractivity contribution in [1.29, 1.82) is 0 Å². The summed E-state index contributed by atoms with van der Waals surface area (Å²) in [6, 6.07) is 30.0. The van der Waals surface area contributed by atoms with Crippen LogP contribution in [0.15, 0.2) is 106 Å². The number of nitrogens with zero attached hydrogens (tertiary/aromatic N) is 3. The molecule has 0 bridgehead atoms. The van der Waals surface area contributed by atoms with E-state index in [1.165, 1.54) is 32.1 Å². The molecule has 0 heterocycles. The third-order valence-corrected chi connectivity index (χ3v) is 5.91. The second kappa shape index (κ2) is 13.2. The molecule has 0 aliphatic heterocycles. The fraction of sp³-hybridized carbons (Fsp3) is 0.258. The van der Waals surface area contributed by atoms with Gasteiger partial charge in [-0.15, -0.1) is 5.11 Å². The zero-order chi connectivity index (χ0) is 24.1. The van der Waals surface area contributed by atoms with Crippen LogP contribution in [0.25, 0.3) is 10.8 Å². The molecule has 4 aromatic rings. The molecular weight excluding hydrogens is 430 g/mol. The molecule has 0 unspecified atom stereocenters. The molecule has 0 aliphatic carbocycles. The Morgan fingerprint density at radius 3 is 2.06 bits per heavy atom. The normalized spacial score (nSPS) is 11.6. The molecule has 4 nitrogen and oxygen atoms in total. The monoisotopic (exact) mass is 463 g/mol. The molecule has 178 valence electrons. The fourth-order valence-corrected chi connectivity index (χ4v) is 3.94. The van der Waals surface area contributed by atoms with Crippen LogP contribution in [0.1, 0.15) is 51.0 Å². The number of unbranched alkanes of at least 4 members (excludes halogenated alkanes) is 5. The second-order valence-corrected chi connectivity index (χ2v) is 8.63. The predicted octanol–water partition coefficient (Wildman–Crippen LogP) is 9.75. The highest BCUT2D eigenvalue weighted by atomic mass is 16.5. The van der Waals surface area contributed by atoms with E-state index in [-0.39, 0.29) is 0 Å². The van der Waals surface area contributed by atoms with E-state index in [0.29, 0.717) is 0 Å². The predicted molar refractivity (Wildman–Crippen MR) is 147 cm³/mol. The zero-order valence-corrected chi connectivity index (χ0v) is 20.4. The summed E-state index contributed by atoms with van der Waals surface area (Å²) in [7, 11) is 0. The summed E-state index contributed by atoms with van der Waals surface area (Å²) in [6.45, 7) is 3.02. The Morgan fingerprint density at radius 2 is 1.29 bits per heavy atom. The minimum atomic E-state index is 0.777. The van der Waals surface area contributed by atoms with E-state index in [2.05, 4.69) is 29.3 Å². The SMILES string of the molecule is CCCCCCCCOc1ccc(C=Nc2ccc(N=Nc3ccccc3)c3ccccc23)cc1. The van der Waals surface area contributed by atoms with E-state index >= 15 is 0 Å². The van der Waals surface area contributed by atoms with Crippen LogP contribution in [0, 0.1) is 0 Å². The Hall–Kier alpha value is -3.79. The molecule has 0 saturated carbocycles. The molecule has 0 fully saturated rings. The average molecular weight is 464 g/mol. The zero-order valence-electron chi connectivity index (χ0n) is 20.4. The highest BCUT2D eigenvalue weighted by Crippen LogP contribution is 2.34. The maximum Gasteiger partial charge on any atom is 0.119 e. The second-order valence-electron chi connectivity index (χ2n) is 8.63. The van der Waals surface area contributed by atoms with Crippen molar-refractivity contribution in [2.45, 2.75) is 45.4 Å². The van der Waals surface area contributed by atoms with Gasteiger partial charge < -0.3 is 4.74 Å². The number of fused-ring (bicyclic) bond motifs is 1. The van der Waals surface area contributed by atoms with Crippen LogP contribution in [0.2, 0.25) is 0 Å². The highest BCUT2D eigenvalue weighted by Gasteiger charge is 2.05. The quantitative estimate of drug-likeness (QED) is 0.117. The average Bonchev–Trinajstić information content (AvgIpc) is 2.92. The van der Waals surface area contributed by atoms with Crippen LogP contribution in [-0.2, 0) is 0 Å². The molecule has 0 aromatic heterocycles. The Morgan fingerprint density at radius 1 is 0.629 bits per heavy atom. The Labute approximate surface area is 208 Å².